The Bertz CT molecular complexity index is 183. The van der Waals surface area contributed by atoms with Crippen LogP contribution in [0.25, 0.3) is 0 Å². The Labute approximate surface area is 75.5 Å². The third-order valence-corrected chi connectivity index (χ3v) is 4.06. The standard InChI is InChI=1S/C8H12O3S/c9-8(10)11-7-1-5-3-12-4-6(5)2-7/h5-7H,1-4H2,(H,9,10). The van der Waals surface area contributed by atoms with E-state index in [1.807, 2.05) is 11.8 Å². The van der Waals surface area contributed by atoms with Gasteiger partial charge in [-0.25, -0.2) is 4.79 Å². The summed E-state index contributed by atoms with van der Waals surface area (Å²) in [6.45, 7) is 0. The van der Waals surface area contributed by atoms with Crippen molar-refractivity contribution in [3.8, 4) is 0 Å². The van der Waals surface area contributed by atoms with E-state index in [1.54, 1.807) is 0 Å². The Hall–Kier alpha value is -0.380. The molecule has 0 radical (unpaired) electrons. The SMILES string of the molecule is O=C(O)OC1CC2CSCC2C1. The summed E-state index contributed by atoms with van der Waals surface area (Å²) >= 11 is 1.98. The van der Waals surface area contributed by atoms with Crippen molar-refractivity contribution in [3.63, 3.8) is 0 Å². The Morgan fingerprint density at radius 1 is 1.33 bits per heavy atom. The summed E-state index contributed by atoms with van der Waals surface area (Å²) in [6, 6.07) is 0. The van der Waals surface area contributed by atoms with Gasteiger partial charge in [-0.2, -0.15) is 11.8 Å². The van der Waals surface area contributed by atoms with Gasteiger partial charge in [0.1, 0.15) is 6.10 Å². The number of hydrogen-bond donors (Lipinski definition) is 1. The van der Waals surface area contributed by atoms with Crippen LogP contribution in [0.4, 0.5) is 4.79 Å². The highest BCUT2D eigenvalue weighted by Crippen LogP contribution is 2.43. The molecule has 3 nitrogen and oxygen atoms in total. The molecule has 1 aliphatic heterocycles. The van der Waals surface area contributed by atoms with Crippen LogP contribution in [0.15, 0.2) is 0 Å². The smallest absolute Gasteiger partial charge is 0.450 e. The van der Waals surface area contributed by atoms with Gasteiger partial charge in [0.05, 0.1) is 0 Å². The molecular formula is C8H12O3S. The number of rotatable bonds is 1. The lowest BCUT2D eigenvalue weighted by molar-refractivity contribution is 0.0525. The van der Waals surface area contributed by atoms with Crippen LogP contribution in [0.1, 0.15) is 12.8 Å². The molecule has 2 fully saturated rings. The van der Waals surface area contributed by atoms with Crippen LogP contribution in [-0.4, -0.2) is 28.9 Å². The van der Waals surface area contributed by atoms with Crippen molar-refractivity contribution in [2.75, 3.05) is 11.5 Å². The molecule has 0 spiro atoms. The van der Waals surface area contributed by atoms with Gasteiger partial charge in [-0.1, -0.05) is 0 Å². The molecule has 0 aromatic carbocycles. The first-order valence-corrected chi connectivity index (χ1v) is 5.38. The molecule has 1 saturated carbocycles. The minimum Gasteiger partial charge on any atom is -0.450 e. The van der Waals surface area contributed by atoms with Gasteiger partial charge in [-0.05, 0) is 36.2 Å². The van der Waals surface area contributed by atoms with Crippen LogP contribution in [0.2, 0.25) is 0 Å². The van der Waals surface area contributed by atoms with E-state index in [9.17, 15) is 4.79 Å². The normalized spacial score (nSPS) is 39.5. The van der Waals surface area contributed by atoms with E-state index < -0.39 is 6.16 Å². The minimum atomic E-state index is -1.12. The molecule has 1 N–H and O–H groups in total. The maximum atomic E-state index is 10.2. The molecule has 68 valence electrons. The maximum absolute atomic E-state index is 10.2. The molecule has 1 aliphatic carbocycles. The second-order valence-corrected chi connectivity index (χ2v) is 4.61. The maximum Gasteiger partial charge on any atom is 0.506 e. The second kappa shape index (κ2) is 3.17. The van der Waals surface area contributed by atoms with E-state index in [2.05, 4.69) is 0 Å². The Kier molecular flexibility index (Phi) is 2.17. The molecule has 2 atom stereocenters. The van der Waals surface area contributed by atoms with Crippen molar-refractivity contribution >= 4 is 17.9 Å². The van der Waals surface area contributed by atoms with Gasteiger partial charge in [0.2, 0.25) is 0 Å². The van der Waals surface area contributed by atoms with Crippen LogP contribution < -0.4 is 0 Å². The Morgan fingerprint density at radius 2 is 1.92 bits per heavy atom. The van der Waals surface area contributed by atoms with Crippen molar-refractivity contribution in [2.24, 2.45) is 11.8 Å². The van der Waals surface area contributed by atoms with Gasteiger partial charge in [0.15, 0.2) is 0 Å². The zero-order chi connectivity index (χ0) is 8.55. The van der Waals surface area contributed by atoms with Crippen LogP contribution in [0.5, 0.6) is 0 Å². The van der Waals surface area contributed by atoms with Crippen molar-refractivity contribution < 1.29 is 14.6 Å². The fourth-order valence-electron chi connectivity index (χ4n) is 2.17. The summed E-state index contributed by atoms with van der Waals surface area (Å²) in [5.74, 6) is 3.84. The van der Waals surface area contributed by atoms with Crippen molar-refractivity contribution in [1.82, 2.24) is 0 Å². The number of thioether (sulfide) groups is 1. The molecular weight excluding hydrogens is 176 g/mol. The average molecular weight is 188 g/mol. The average Bonchev–Trinajstić information content (AvgIpc) is 2.43. The van der Waals surface area contributed by atoms with Crippen molar-refractivity contribution in [2.45, 2.75) is 18.9 Å². The number of carbonyl (C=O) groups is 1. The highest BCUT2D eigenvalue weighted by Gasteiger charge is 2.39. The summed E-state index contributed by atoms with van der Waals surface area (Å²) in [6.07, 6.45) is 0.763. The highest BCUT2D eigenvalue weighted by atomic mass is 32.2. The molecule has 0 aromatic heterocycles. The molecule has 12 heavy (non-hydrogen) atoms. The number of ether oxygens (including phenoxy) is 1. The number of carboxylic acid groups (broad SMARTS) is 1. The molecule has 0 bridgehead atoms. The van der Waals surface area contributed by atoms with E-state index in [1.165, 1.54) is 11.5 Å². The molecule has 1 heterocycles. The summed E-state index contributed by atoms with van der Waals surface area (Å²) in [7, 11) is 0. The lowest BCUT2D eigenvalue weighted by Crippen LogP contribution is -2.13. The summed E-state index contributed by atoms with van der Waals surface area (Å²) in [5, 5.41) is 8.41. The van der Waals surface area contributed by atoms with Gasteiger partial charge in [-0.15, -0.1) is 0 Å². The van der Waals surface area contributed by atoms with Gasteiger partial charge in [0, 0.05) is 0 Å². The topological polar surface area (TPSA) is 46.5 Å². The fourth-order valence-corrected chi connectivity index (χ4v) is 3.73. The molecule has 2 unspecified atom stereocenters. The monoisotopic (exact) mass is 188 g/mol. The lowest BCUT2D eigenvalue weighted by Gasteiger charge is -2.08. The third kappa shape index (κ3) is 1.53. The Morgan fingerprint density at radius 3 is 2.42 bits per heavy atom. The molecule has 0 aromatic rings. The van der Waals surface area contributed by atoms with Gasteiger partial charge in [-0.3, -0.25) is 0 Å². The quantitative estimate of drug-likeness (QED) is 0.638. The molecule has 0 amide bonds. The number of fused-ring (bicyclic) bond motifs is 1. The predicted octanol–water partition coefficient (Wildman–Crippen LogP) is 1.82. The zero-order valence-electron chi connectivity index (χ0n) is 6.73. The molecule has 4 heteroatoms. The van der Waals surface area contributed by atoms with Crippen LogP contribution in [-0.2, 0) is 4.74 Å². The van der Waals surface area contributed by atoms with Gasteiger partial charge < -0.3 is 9.84 Å². The first kappa shape index (κ1) is 8.23. The third-order valence-electron chi connectivity index (χ3n) is 2.73. The first-order chi connectivity index (χ1) is 5.75. The van der Waals surface area contributed by atoms with E-state index in [0.717, 1.165) is 24.7 Å². The van der Waals surface area contributed by atoms with E-state index >= 15 is 0 Å². The van der Waals surface area contributed by atoms with E-state index in [-0.39, 0.29) is 6.10 Å². The Balaban J connectivity index is 1.86. The first-order valence-electron chi connectivity index (χ1n) is 4.23. The fraction of sp³-hybridized carbons (Fsp3) is 0.875. The second-order valence-electron chi connectivity index (χ2n) is 3.53. The zero-order valence-corrected chi connectivity index (χ0v) is 7.55. The van der Waals surface area contributed by atoms with E-state index in [0.29, 0.717) is 0 Å². The van der Waals surface area contributed by atoms with E-state index in [4.69, 9.17) is 9.84 Å². The number of hydrogen-bond acceptors (Lipinski definition) is 3. The largest absolute Gasteiger partial charge is 0.506 e. The van der Waals surface area contributed by atoms with Gasteiger partial charge in [0.25, 0.3) is 0 Å². The van der Waals surface area contributed by atoms with Crippen molar-refractivity contribution in [3.05, 3.63) is 0 Å². The summed E-state index contributed by atoms with van der Waals surface area (Å²) in [5.41, 5.74) is 0. The summed E-state index contributed by atoms with van der Waals surface area (Å²) < 4.78 is 4.75. The van der Waals surface area contributed by atoms with Crippen molar-refractivity contribution in [1.29, 1.82) is 0 Å². The van der Waals surface area contributed by atoms with Gasteiger partial charge >= 0.3 is 6.16 Å². The summed E-state index contributed by atoms with van der Waals surface area (Å²) in [4.78, 5) is 10.2. The lowest BCUT2D eigenvalue weighted by atomic mass is 10.0. The van der Waals surface area contributed by atoms with Crippen LogP contribution in [0.3, 0.4) is 0 Å². The predicted molar refractivity (Wildman–Crippen MR) is 46.4 cm³/mol. The molecule has 1 saturated heterocycles. The molecule has 2 aliphatic rings. The molecule has 2 rings (SSSR count). The highest BCUT2D eigenvalue weighted by molar-refractivity contribution is 7.99. The van der Waals surface area contributed by atoms with Crippen LogP contribution in [0, 0.1) is 11.8 Å². The van der Waals surface area contributed by atoms with Crippen LogP contribution >= 0.6 is 11.8 Å². The minimum absolute atomic E-state index is 0.0154.